The highest BCUT2D eigenvalue weighted by Gasteiger charge is 2.22. The molecule has 0 bridgehead atoms. The summed E-state index contributed by atoms with van der Waals surface area (Å²) in [5, 5.41) is 16.0. The van der Waals surface area contributed by atoms with Gasteiger partial charge in [0.05, 0.1) is 11.4 Å². The predicted octanol–water partition coefficient (Wildman–Crippen LogP) is 3.37. The SMILES string of the molecule is C[C@@H](c1cc2ccccc2c(=O)[nH]1)n1nc(-c2ccc(O)c(F)c2)c2c(N)ncnc21. The van der Waals surface area contributed by atoms with E-state index in [2.05, 4.69) is 20.1 Å². The van der Waals surface area contributed by atoms with E-state index in [-0.39, 0.29) is 11.4 Å². The average molecular weight is 416 g/mol. The standard InChI is InChI=1S/C22H17FN6O2/c1-11(16-9-12-4-2-3-5-14(12)22(31)27-16)29-21-18(20(24)25-10-26-21)19(28-29)13-6-7-17(30)15(23)8-13/h2-11,30H,1H3,(H,27,31)(H2,24,25,26)/t11-/m0/s1. The number of nitrogens with one attached hydrogen (secondary N) is 1. The molecule has 31 heavy (non-hydrogen) atoms. The Kier molecular flexibility index (Phi) is 4.18. The predicted molar refractivity (Wildman–Crippen MR) is 115 cm³/mol. The summed E-state index contributed by atoms with van der Waals surface area (Å²) >= 11 is 0. The minimum Gasteiger partial charge on any atom is -0.505 e. The lowest BCUT2D eigenvalue weighted by molar-refractivity contribution is 0.432. The zero-order valence-corrected chi connectivity index (χ0v) is 16.4. The van der Waals surface area contributed by atoms with E-state index in [0.29, 0.717) is 33.4 Å². The Balaban J connectivity index is 1.73. The number of benzene rings is 2. The molecular weight excluding hydrogens is 399 g/mol. The van der Waals surface area contributed by atoms with Crippen molar-refractivity contribution >= 4 is 27.6 Å². The zero-order valence-electron chi connectivity index (χ0n) is 16.4. The molecule has 0 fully saturated rings. The molecular formula is C22H17FN6O2. The Morgan fingerprint density at radius 2 is 1.97 bits per heavy atom. The minimum absolute atomic E-state index is 0.193. The highest BCUT2D eigenvalue weighted by molar-refractivity contribution is 5.98. The van der Waals surface area contributed by atoms with Crippen LogP contribution in [0.25, 0.3) is 33.1 Å². The van der Waals surface area contributed by atoms with Gasteiger partial charge in [0, 0.05) is 16.6 Å². The third kappa shape index (κ3) is 2.98. The zero-order chi connectivity index (χ0) is 21.7. The monoisotopic (exact) mass is 416 g/mol. The molecule has 0 aliphatic rings. The van der Waals surface area contributed by atoms with Gasteiger partial charge in [0.1, 0.15) is 17.8 Å². The first kappa shape index (κ1) is 18.7. The first-order valence-corrected chi connectivity index (χ1v) is 9.53. The van der Waals surface area contributed by atoms with E-state index in [1.54, 1.807) is 16.8 Å². The number of phenolic OH excluding ortho intramolecular Hbond substituents is 1. The Morgan fingerprint density at radius 1 is 1.16 bits per heavy atom. The molecule has 0 aliphatic carbocycles. The summed E-state index contributed by atoms with van der Waals surface area (Å²) in [7, 11) is 0. The maximum Gasteiger partial charge on any atom is 0.256 e. The van der Waals surface area contributed by atoms with Crippen molar-refractivity contribution < 1.29 is 9.50 Å². The molecule has 0 saturated heterocycles. The van der Waals surface area contributed by atoms with Crippen molar-refractivity contribution in [3.63, 3.8) is 0 Å². The van der Waals surface area contributed by atoms with Crippen LogP contribution in [0.2, 0.25) is 0 Å². The molecule has 1 atom stereocenters. The van der Waals surface area contributed by atoms with E-state index in [9.17, 15) is 14.3 Å². The largest absolute Gasteiger partial charge is 0.505 e. The first-order valence-electron chi connectivity index (χ1n) is 9.53. The first-order chi connectivity index (χ1) is 14.9. The van der Waals surface area contributed by atoms with E-state index >= 15 is 0 Å². The van der Waals surface area contributed by atoms with Gasteiger partial charge in [-0.05, 0) is 42.6 Å². The molecule has 3 heterocycles. The third-order valence-corrected chi connectivity index (χ3v) is 5.33. The molecule has 0 aliphatic heterocycles. The van der Waals surface area contributed by atoms with Gasteiger partial charge >= 0.3 is 0 Å². The number of rotatable bonds is 3. The number of H-pyrrole nitrogens is 1. The Bertz CT molecular complexity index is 1520. The van der Waals surface area contributed by atoms with E-state index < -0.39 is 17.6 Å². The number of nitrogens with two attached hydrogens (primary N) is 1. The number of halogens is 1. The van der Waals surface area contributed by atoms with Crippen LogP contribution in [-0.4, -0.2) is 29.8 Å². The van der Waals surface area contributed by atoms with Gasteiger partial charge in [0.25, 0.3) is 5.56 Å². The fourth-order valence-corrected chi connectivity index (χ4v) is 3.71. The second-order valence-electron chi connectivity index (χ2n) is 7.23. The molecule has 0 radical (unpaired) electrons. The number of aromatic hydroxyl groups is 1. The normalized spacial score (nSPS) is 12.5. The Hall–Kier alpha value is -4.27. The highest BCUT2D eigenvalue weighted by Crippen LogP contribution is 2.34. The summed E-state index contributed by atoms with van der Waals surface area (Å²) in [6, 6.07) is 12.7. The maximum absolute atomic E-state index is 14.0. The van der Waals surface area contributed by atoms with Crippen molar-refractivity contribution in [3.05, 3.63) is 76.7 Å². The highest BCUT2D eigenvalue weighted by atomic mass is 19.1. The lowest BCUT2D eigenvalue weighted by atomic mass is 10.1. The second kappa shape index (κ2) is 6.91. The molecule has 0 saturated carbocycles. The van der Waals surface area contributed by atoms with Crippen molar-refractivity contribution in [1.82, 2.24) is 24.7 Å². The summed E-state index contributed by atoms with van der Waals surface area (Å²) in [6.07, 6.45) is 1.33. The van der Waals surface area contributed by atoms with Crippen molar-refractivity contribution in [2.75, 3.05) is 5.73 Å². The topological polar surface area (TPSA) is 123 Å². The number of anilines is 1. The fourth-order valence-electron chi connectivity index (χ4n) is 3.71. The lowest BCUT2D eigenvalue weighted by Gasteiger charge is -2.14. The van der Waals surface area contributed by atoms with Gasteiger partial charge in [-0.1, -0.05) is 18.2 Å². The Labute approximate surface area is 174 Å². The van der Waals surface area contributed by atoms with Crippen LogP contribution in [0.4, 0.5) is 10.2 Å². The van der Waals surface area contributed by atoms with Gasteiger partial charge in [-0.3, -0.25) is 4.79 Å². The number of fused-ring (bicyclic) bond motifs is 2. The summed E-state index contributed by atoms with van der Waals surface area (Å²) in [6.45, 7) is 1.87. The van der Waals surface area contributed by atoms with Crippen LogP contribution >= 0.6 is 0 Å². The van der Waals surface area contributed by atoms with Crippen LogP contribution in [0.15, 0.2) is 59.7 Å². The molecule has 154 valence electrons. The van der Waals surface area contributed by atoms with Gasteiger partial charge in [-0.15, -0.1) is 0 Å². The van der Waals surface area contributed by atoms with Gasteiger partial charge < -0.3 is 15.8 Å². The molecule has 0 spiro atoms. The van der Waals surface area contributed by atoms with Gasteiger partial charge in [-0.25, -0.2) is 19.0 Å². The van der Waals surface area contributed by atoms with Crippen LogP contribution in [0.5, 0.6) is 5.75 Å². The molecule has 0 unspecified atom stereocenters. The summed E-state index contributed by atoms with van der Waals surface area (Å²) in [5.41, 5.74) is 7.77. The number of hydrogen-bond donors (Lipinski definition) is 3. The summed E-state index contributed by atoms with van der Waals surface area (Å²) < 4.78 is 15.6. The van der Waals surface area contributed by atoms with Gasteiger partial charge in [0.2, 0.25) is 0 Å². The van der Waals surface area contributed by atoms with Crippen LogP contribution in [-0.2, 0) is 0 Å². The fraction of sp³-hybridized carbons (Fsp3) is 0.0909. The van der Waals surface area contributed by atoms with Gasteiger partial charge in [0.15, 0.2) is 17.2 Å². The molecule has 5 aromatic rings. The van der Waals surface area contributed by atoms with E-state index in [0.717, 1.165) is 5.39 Å². The quantitative estimate of drug-likeness (QED) is 0.414. The summed E-state index contributed by atoms with van der Waals surface area (Å²) in [5.74, 6) is -1.04. The van der Waals surface area contributed by atoms with Crippen molar-refractivity contribution in [2.24, 2.45) is 0 Å². The van der Waals surface area contributed by atoms with E-state index in [4.69, 9.17) is 5.73 Å². The number of aromatic nitrogens is 5. The minimum atomic E-state index is -0.775. The number of pyridine rings is 1. The number of hydrogen-bond acceptors (Lipinski definition) is 6. The van der Waals surface area contributed by atoms with Crippen LogP contribution in [0.1, 0.15) is 18.7 Å². The molecule has 0 amide bonds. The number of phenols is 1. The third-order valence-electron chi connectivity index (χ3n) is 5.33. The molecule has 5 rings (SSSR count). The van der Waals surface area contributed by atoms with Crippen LogP contribution < -0.4 is 11.3 Å². The average Bonchev–Trinajstić information content (AvgIpc) is 3.16. The van der Waals surface area contributed by atoms with E-state index in [1.165, 1.54) is 18.5 Å². The van der Waals surface area contributed by atoms with Crippen LogP contribution in [0.3, 0.4) is 0 Å². The smallest absolute Gasteiger partial charge is 0.256 e. The number of aromatic amines is 1. The van der Waals surface area contributed by atoms with Crippen molar-refractivity contribution in [1.29, 1.82) is 0 Å². The van der Waals surface area contributed by atoms with Gasteiger partial charge in [-0.2, -0.15) is 5.10 Å². The molecule has 4 N–H and O–H groups in total. The number of nitrogens with zero attached hydrogens (tertiary/aromatic N) is 4. The van der Waals surface area contributed by atoms with Crippen molar-refractivity contribution in [2.45, 2.75) is 13.0 Å². The summed E-state index contributed by atoms with van der Waals surface area (Å²) in [4.78, 5) is 23.8. The number of nitrogen functional groups attached to an aromatic ring is 1. The Morgan fingerprint density at radius 3 is 2.77 bits per heavy atom. The molecule has 9 heteroatoms. The van der Waals surface area contributed by atoms with E-state index in [1.807, 2.05) is 31.2 Å². The lowest BCUT2D eigenvalue weighted by Crippen LogP contribution is -2.16. The van der Waals surface area contributed by atoms with Crippen molar-refractivity contribution in [3.8, 4) is 17.0 Å². The van der Waals surface area contributed by atoms with Crippen LogP contribution in [0, 0.1) is 5.82 Å². The molecule has 8 nitrogen and oxygen atoms in total. The molecule has 2 aromatic carbocycles. The maximum atomic E-state index is 14.0. The molecule has 3 aromatic heterocycles. The second-order valence-corrected chi connectivity index (χ2v) is 7.23.